The van der Waals surface area contributed by atoms with Crippen LogP contribution in [-0.4, -0.2) is 48.6 Å². The van der Waals surface area contributed by atoms with E-state index in [1.807, 2.05) is 9.78 Å². The lowest BCUT2D eigenvalue weighted by Gasteiger charge is -2.37. The number of halogens is 2. The number of aromatic nitrogens is 2. The molecular weight excluding hydrogens is 359 g/mol. The molecule has 1 aliphatic heterocycles. The molecule has 1 saturated heterocycles. The Labute approximate surface area is 151 Å². The van der Waals surface area contributed by atoms with Crippen molar-refractivity contribution in [3.05, 3.63) is 23.6 Å². The van der Waals surface area contributed by atoms with Crippen molar-refractivity contribution >= 4 is 46.9 Å². The molecule has 0 bridgehead atoms. The smallest absolute Gasteiger partial charge is 0.269 e. The van der Waals surface area contributed by atoms with Crippen LogP contribution in [0.1, 0.15) is 23.3 Å². The van der Waals surface area contributed by atoms with Crippen LogP contribution in [0.2, 0.25) is 0 Å². The number of fused-ring (bicyclic) bond motifs is 1. The van der Waals surface area contributed by atoms with Crippen LogP contribution >= 0.6 is 36.2 Å². The molecule has 2 aromatic heterocycles. The fourth-order valence-electron chi connectivity index (χ4n) is 2.88. The number of thiazole rings is 1. The summed E-state index contributed by atoms with van der Waals surface area (Å²) in [4.78, 5) is 17.4. The summed E-state index contributed by atoms with van der Waals surface area (Å²) in [6.07, 6.45) is 5.48. The molecule has 0 aliphatic carbocycles. The molecule has 6 nitrogen and oxygen atoms in total. The van der Waals surface area contributed by atoms with Crippen molar-refractivity contribution in [2.75, 3.05) is 33.4 Å². The maximum Gasteiger partial charge on any atom is 0.269 e. The van der Waals surface area contributed by atoms with Crippen molar-refractivity contribution < 1.29 is 9.53 Å². The van der Waals surface area contributed by atoms with Gasteiger partial charge in [-0.25, -0.2) is 4.98 Å². The number of nitrogens with zero attached hydrogens (tertiary/aromatic N) is 2. The van der Waals surface area contributed by atoms with E-state index in [2.05, 4.69) is 15.6 Å². The number of imidazole rings is 1. The predicted octanol–water partition coefficient (Wildman–Crippen LogP) is 1.99. The van der Waals surface area contributed by atoms with E-state index in [0.29, 0.717) is 18.8 Å². The van der Waals surface area contributed by atoms with Gasteiger partial charge in [0.15, 0.2) is 0 Å². The van der Waals surface area contributed by atoms with Crippen molar-refractivity contribution in [1.29, 1.82) is 0 Å². The van der Waals surface area contributed by atoms with Gasteiger partial charge in [-0.2, -0.15) is 0 Å². The average Bonchev–Trinajstić information content (AvgIpc) is 3.09. The highest BCUT2D eigenvalue weighted by Crippen LogP contribution is 2.28. The molecule has 3 heterocycles. The number of carbonyl (C=O) groups is 1. The molecule has 0 saturated carbocycles. The number of methoxy groups -OCH3 is 1. The first-order valence-corrected chi connectivity index (χ1v) is 7.99. The predicted molar refractivity (Wildman–Crippen MR) is 96.3 cm³/mol. The zero-order valence-corrected chi connectivity index (χ0v) is 15.4. The van der Waals surface area contributed by atoms with E-state index < -0.39 is 0 Å². The number of amides is 1. The molecule has 23 heavy (non-hydrogen) atoms. The summed E-state index contributed by atoms with van der Waals surface area (Å²) in [5, 5.41) is 8.30. The Morgan fingerprint density at radius 1 is 1.48 bits per heavy atom. The number of hydrogen-bond acceptors (Lipinski definition) is 5. The Morgan fingerprint density at radius 3 is 2.91 bits per heavy atom. The first kappa shape index (κ1) is 20.2. The molecule has 3 rings (SSSR count). The van der Waals surface area contributed by atoms with Crippen molar-refractivity contribution in [2.45, 2.75) is 12.8 Å². The quantitative estimate of drug-likeness (QED) is 0.831. The second-order valence-electron chi connectivity index (χ2n) is 5.59. The van der Waals surface area contributed by atoms with Crippen molar-refractivity contribution in [1.82, 2.24) is 20.0 Å². The second-order valence-corrected chi connectivity index (χ2v) is 6.48. The highest BCUT2D eigenvalue weighted by atomic mass is 35.5. The Balaban J connectivity index is 0.00000132. The van der Waals surface area contributed by atoms with Gasteiger partial charge in [-0.05, 0) is 25.9 Å². The number of rotatable bonds is 5. The Hall–Kier alpha value is -0.860. The first-order valence-electron chi connectivity index (χ1n) is 7.11. The summed E-state index contributed by atoms with van der Waals surface area (Å²) >= 11 is 1.52. The zero-order chi connectivity index (χ0) is 14.7. The lowest BCUT2D eigenvalue weighted by atomic mass is 9.79. The third kappa shape index (κ3) is 4.36. The van der Waals surface area contributed by atoms with Gasteiger partial charge in [-0.1, -0.05) is 0 Å². The summed E-state index contributed by atoms with van der Waals surface area (Å²) < 4.78 is 7.20. The molecule has 0 spiro atoms. The van der Waals surface area contributed by atoms with E-state index in [-0.39, 0.29) is 36.1 Å². The number of hydrogen-bond donors (Lipinski definition) is 2. The Bertz CT molecular complexity index is 620. The van der Waals surface area contributed by atoms with Crippen LogP contribution in [-0.2, 0) is 4.74 Å². The molecule has 9 heteroatoms. The van der Waals surface area contributed by atoms with Gasteiger partial charge in [-0.3, -0.25) is 9.20 Å². The summed E-state index contributed by atoms with van der Waals surface area (Å²) in [7, 11) is 1.72. The Kier molecular flexibility index (Phi) is 7.76. The van der Waals surface area contributed by atoms with E-state index in [1.54, 1.807) is 19.6 Å². The molecule has 2 N–H and O–H groups in total. The molecule has 2 aromatic rings. The molecule has 0 atom stereocenters. The molecule has 130 valence electrons. The van der Waals surface area contributed by atoms with Crippen LogP contribution in [0.4, 0.5) is 0 Å². The van der Waals surface area contributed by atoms with Crippen molar-refractivity contribution in [3.63, 3.8) is 0 Å². The summed E-state index contributed by atoms with van der Waals surface area (Å²) in [6, 6.07) is 0. The summed E-state index contributed by atoms with van der Waals surface area (Å²) in [6.45, 7) is 3.28. The van der Waals surface area contributed by atoms with E-state index in [0.717, 1.165) is 30.8 Å². The van der Waals surface area contributed by atoms with Gasteiger partial charge < -0.3 is 15.4 Å². The van der Waals surface area contributed by atoms with Crippen LogP contribution < -0.4 is 10.6 Å². The topological polar surface area (TPSA) is 67.7 Å². The van der Waals surface area contributed by atoms with E-state index in [1.165, 1.54) is 11.3 Å². The van der Waals surface area contributed by atoms with E-state index in [9.17, 15) is 4.79 Å². The molecule has 0 radical (unpaired) electrons. The minimum absolute atomic E-state index is 0. The Morgan fingerprint density at radius 2 is 2.22 bits per heavy atom. The fourth-order valence-corrected chi connectivity index (χ4v) is 3.71. The maximum absolute atomic E-state index is 12.4. The SMILES string of the molecule is COCC1(CNC(=O)c2csc3cncn23)CCNCC1.Cl.Cl. The highest BCUT2D eigenvalue weighted by Gasteiger charge is 2.32. The molecule has 1 fully saturated rings. The first-order chi connectivity index (χ1) is 10.2. The van der Waals surface area contributed by atoms with E-state index >= 15 is 0 Å². The minimum atomic E-state index is -0.0479. The maximum atomic E-state index is 12.4. The van der Waals surface area contributed by atoms with Crippen LogP contribution in [0.5, 0.6) is 0 Å². The van der Waals surface area contributed by atoms with Gasteiger partial charge in [-0.15, -0.1) is 36.2 Å². The highest BCUT2D eigenvalue weighted by molar-refractivity contribution is 7.15. The average molecular weight is 381 g/mol. The lowest BCUT2D eigenvalue weighted by Crippen LogP contribution is -2.47. The van der Waals surface area contributed by atoms with Crippen LogP contribution in [0.25, 0.3) is 4.83 Å². The third-order valence-electron chi connectivity index (χ3n) is 4.13. The summed E-state index contributed by atoms with van der Waals surface area (Å²) in [5.41, 5.74) is 0.689. The van der Waals surface area contributed by atoms with Crippen LogP contribution in [0.15, 0.2) is 17.9 Å². The molecule has 1 amide bonds. The zero-order valence-electron chi connectivity index (χ0n) is 12.9. The van der Waals surface area contributed by atoms with Gasteiger partial charge in [0.25, 0.3) is 5.91 Å². The fraction of sp³-hybridized carbons (Fsp3) is 0.571. The van der Waals surface area contributed by atoms with Gasteiger partial charge in [0.05, 0.1) is 12.8 Å². The van der Waals surface area contributed by atoms with Gasteiger partial charge in [0.2, 0.25) is 0 Å². The van der Waals surface area contributed by atoms with Gasteiger partial charge in [0, 0.05) is 24.4 Å². The minimum Gasteiger partial charge on any atom is -0.384 e. The van der Waals surface area contributed by atoms with E-state index in [4.69, 9.17) is 4.74 Å². The largest absolute Gasteiger partial charge is 0.384 e. The van der Waals surface area contributed by atoms with Gasteiger partial charge in [0.1, 0.15) is 16.9 Å². The van der Waals surface area contributed by atoms with Crippen LogP contribution in [0.3, 0.4) is 0 Å². The number of ether oxygens (including phenoxy) is 1. The standard InChI is InChI=1S/C14H20N4O2S.2ClH/c1-20-9-14(2-4-15-5-3-14)8-17-13(19)11-7-21-12-6-16-10-18(11)12;;/h6-7,10,15H,2-5,8-9H2,1H3,(H,17,19);2*1H. The number of piperidine rings is 1. The molecular formula is C14H22Cl2N4O2S. The molecule has 1 aliphatic rings. The second kappa shape index (κ2) is 8.84. The van der Waals surface area contributed by atoms with Crippen LogP contribution in [0, 0.1) is 5.41 Å². The number of carbonyl (C=O) groups excluding carboxylic acids is 1. The monoisotopic (exact) mass is 380 g/mol. The van der Waals surface area contributed by atoms with Crippen molar-refractivity contribution in [3.8, 4) is 0 Å². The third-order valence-corrected chi connectivity index (χ3v) is 5.01. The number of nitrogens with one attached hydrogen (secondary N) is 2. The summed E-state index contributed by atoms with van der Waals surface area (Å²) in [5.74, 6) is -0.0479. The molecule has 0 unspecified atom stereocenters. The normalized spacial score (nSPS) is 16.4. The van der Waals surface area contributed by atoms with Gasteiger partial charge >= 0.3 is 0 Å². The lowest BCUT2D eigenvalue weighted by molar-refractivity contribution is 0.0510. The molecule has 0 aromatic carbocycles. The van der Waals surface area contributed by atoms with Crippen molar-refractivity contribution in [2.24, 2.45) is 5.41 Å².